The Kier molecular flexibility index (Phi) is 5.98. The normalized spacial score (nSPS) is 17.7. The molecule has 132 valence electrons. The SMILES string of the molecule is CCOC(=O)CNC(=O)N1CCSC1c1cccc(C(F)(F)F)c1. The number of urea groups is 1. The lowest BCUT2D eigenvalue weighted by molar-refractivity contribution is -0.142. The van der Waals surface area contributed by atoms with Crippen LogP contribution in [0.5, 0.6) is 0 Å². The van der Waals surface area contributed by atoms with Crippen LogP contribution in [-0.4, -0.2) is 42.3 Å². The summed E-state index contributed by atoms with van der Waals surface area (Å²) in [7, 11) is 0. The summed E-state index contributed by atoms with van der Waals surface area (Å²) in [6.07, 6.45) is -4.43. The molecule has 24 heavy (non-hydrogen) atoms. The Morgan fingerprint density at radius 1 is 1.42 bits per heavy atom. The molecule has 1 aromatic carbocycles. The number of nitrogens with one attached hydrogen (secondary N) is 1. The molecule has 0 saturated carbocycles. The van der Waals surface area contributed by atoms with Crippen molar-refractivity contribution in [1.82, 2.24) is 10.2 Å². The molecule has 9 heteroatoms. The van der Waals surface area contributed by atoms with Gasteiger partial charge in [0, 0.05) is 12.3 Å². The average molecular weight is 362 g/mol. The number of halogens is 3. The van der Waals surface area contributed by atoms with Gasteiger partial charge in [-0.2, -0.15) is 13.2 Å². The van der Waals surface area contributed by atoms with E-state index in [0.29, 0.717) is 17.9 Å². The number of nitrogens with zero attached hydrogens (tertiary/aromatic N) is 1. The fraction of sp³-hybridized carbons (Fsp3) is 0.467. The summed E-state index contributed by atoms with van der Waals surface area (Å²) in [6, 6.07) is 4.42. The molecule has 1 heterocycles. The Balaban J connectivity index is 2.07. The van der Waals surface area contributed by atoms with E-state index < -0.39 is 29.1 Å². The summed E-state index contributed by atoms with van der Waals surface area (Å²) in [5, 5.41) is 1.91. The molecule has 0 bridgehead atoms. The quantitative estimate of drug-likeness (QED) is 0.837. The van der Waals surface area contributed by atoms with Crippen LogP contribution in [0, 0.1) is 0 Å². The Bertz CT molecular complexity index is 610. The van der Waals surface area contributed by atoms with Crippen molar-refractivity contribution in [3.8, 4) is 0 Å². The lowest BCUT2D eigenvalue weighted by Crippen LogP contribution is -2.42. The number of alkyl halides is 3. The van der Waals surface area contributed by atoms with E-state index in [1.165, 1.54) is 22.7 Å². The molecule has 0 radical (unpaired) electrons. The molecule has 2 rings (SSSR count). The number of benzene rings is 1. The van der Waals surface area contributed by atoms with Crippen LogP contribution < -0.4 is 5.32 Å². The topological polar surface area (TPSA) is 58.6 Å². The molecule has 1 fully saturated rings. The van der Waals surface area contributed by atoms with Crippen molar-refractivity contribution in [2.24, 2.45) is 0 Å². The van der Waals surface area contributed by atoms with Gasteiger partial charge in [0.15, 0.2) is 0 Å². The molecule has 2 amide bonds. The minimum absolute atomic E-state index is 0.209. The van der Waals surface area contributed by atoms with Gasteiger partial charge in [-0.25, -0.2) is 4.79 Å². The van der Waals surface area contributed by atoms with Crippen molar-refractivity contribution >= 4 is 23.8 Å². The zero-order chi connectivity index (χ0) is 17.7. The van der Waals surface area contributed by atoms with E-state index in [0.717, 1.165) is 12.1 Å². The highest BCUT2D eigenvalue weighted by molar-refractivity contribution is 7.99. The number of carbonyl (C=O) groups is 2. The third kappa shape index (κ3) is 4.56. The number of ether oxygens (including phenoxy) is 1. The largest absolute Gasteiger partial charge is 0.465 e. The minimum atomic E-state index is -4.43. The van der Waals surface area contributed by atoms with Gasteiger partial charge in [-0.3, -0.25) is 4.79 Å². The van der Waals surface area contributed by atoms with Crippen molar-refractivity contribution in [2.75, 3.05) is 25.4 Å². The third-order valence-electron chi connectivity index (χ3n) is 3.34. The van der Waals surface area contributed by atoms with Crippen LogP contribution in [0.25, 0.3) is 0 Å². The highest BCUT2D eigenvalue weighted by Gasteiger charge is 2.34. The molecule has 1 aromatic rings. The second-order valence-corrected chi connectivity index (χ2v) is 6.19. The first-order valence-electron chi connectivity index (χ1n) is 7.31. The van der Waals surface area contributed by atoms with E-state index in [2.05, 4.69) is 5.32 Å². The van der Waals surface area contributed by atoms with E-state index >= 15 is 0 Å². The van der Waals surface area contributed by atoms with Gasteiger partial charge in [0.05, 0.1) is 12.2 Å². The highest BCUT2D eigenvalue weighted by atomic mass is 32.2. The monoisotopic (exact) mass is 362 g/mol. The van der Waals surface area contributed by atoms with Gasteiger partial charge in [0.25, 0.3) is 0 Å². The van der Waals surface area contributed by atoms with Gasteiger partial charge in [-0.1, -0.05) is 12.1 Å². The standard InChI is InChI=1S/C15H17F3N2O3S/c1-2-23-12(21)9-19-14(22)20-6-7-24-13(20)10-4-3-5-11(8-10)15(16,17)18/h3-5,8,13H,2,6-7,9H2,1H3,(H,19,22). The lowest BCUT2D eigenvalue weighted by atomic mass is 10.1. The first kappa shape index (κ1) is 18.4. The minimum Gasteiger partial charge on any atom is -0.465 e. The Hall–Kier alpha value is -1.90. The van der Waals surface area contributed by atoms with Crippen LogP contribution in [0.15, 0.2) is 24.3 Å². The number of thioether (sulfide) groups is 1. The van der Waals surface area contributed by atoms with E-state index in [4.69, 9.17) is 4.74 Å². The lowest BCUT2D eigenvalue weighted by Gasteiger charge is -2.24. The Labute approximate surface area is 141 Å². The predicted octanol–water partition coefficient (Wildman–Crippen LogP) is 3.03. The van der Waals surface area contributed by atoms with Crippen LogP contribution in [-0.2, 0) is 15.7 Å². The molecule has 1 N–H and O–H groups in total. The molecule has 0 aromatic heterocycles. The van der Waals surface area contributed by atoms with E-state index in [-0.39, 0.29) is 13.2 Å². The Morgan fingerprint density at radius 3 is 2.83 bits per heavy atom. The van der Waals surface area contributed by atoms with Crippen LogP contribution >= 0.6 is 11.8 Å². The second-order valence-electron chi connectivity index (χ2n) is 5.00. The molecule has 1 atom stereocenters. The maximum Gasteiger partial charge on any atom is 0.416 e. The number of hydrogen-bond donors (Lipinski definition) is 1. The summed E-state index contributed by atoms with van der Waals surface area (Å²) >= 11 is 1.38. The van der Waals surface area contributed by atoms with Crippen molar-refractivity contribution in [3.63, 3.8) is 0 Å². The number of esters is 1. The maximum absolute atomic E-state index is 12.8. The molecule has 1 saturated heterocycles. The fourth-order valence-electron chi connectivity index (χ4n) is 2.28. The predicted molar refractivity (Wildman–Crippen MR) is 83.4 cm³/mol. The maximum atomic E-state index is 12.8. The van der Waals surface area contributed by atoms with Crippen LogP contribution in [0.1, 0.15) is 23.4 Å². The van der Waals surface area contributed by atoms with E-state index in [1.54, 1.807) is 13.0 Å². The van der Waals surface area contributed by atoms with Gasteiger partial charge < -0.3 is 15.0 Å². The van der Waals surface area contributed by atoms with Crippen LogP contribution in [0.3, 0.4) is 0 Å². The summed E-state index contributed by atoms with van der Waals surface area (Å²) in [5.74, 6) is 0.0432. The molecule has 1 aliphatic rings. The highest BCUT2D eigenvalue weighted by Crippen LogP contribution is 2.39. The van der Waals surface area contributed by atoms with Crippen molar-refractivity contribution in [2.45, 2.75) is 18.5 Å². The van der Waals surface area contributed by atoms with Crippen molar-refractivity contribution in [1.29, 1.82) is 0 Å². The first-order valence-corrected chi connectivity index (χ1v) is 8.36. The fourth-order valence-corrected chi connectivity index (χ4v) is 3.53. The molecule has 5 nitrogen and oxygen atoms in total. The molecular weight excluding hydrogens is 345 g/mol. The summed E-state index contributed by atoms with van der Waals surface area (Å²) < 4.78 is 43.2. The number of carbonyl (C=O) groups excluding carboxylic acids is 2. The van der Waals surface area contributed by atoms with Crippen LogP contribution in [0.4, 0.5) is 18.0 Å². The smallest absolute Gasteiger partial charge is 0.416 e. The summed E-state index contributed by atoms with van der Waals surface area (Å²) in [6.45, 7) is 1.98. The number of hydrogen-bond acceptors (Lipinski definition) is 4. The van der Waals surface area contributed by atoms with Crippen molar-refractivity contribution < 1.29 is 27.5 Å². The molecule has 1 aliphatic heterocycles. The van der Waals surface area contributed by atoms with Gasteiger partial charge in [0.2, 0.25) is 0 Å². The number of rotatable bonds is 4. The zero-order valence-electron chi connectivity index (χ0n) is 12.9. The molecule has 0 aliphatic carbocycles. The van der Waals surface area contributed by atoms with E-state index in [9.17, 15) is 22.8 Å². The van der Waals surface area contributed by atoms with Gasteiger partial charge in [0.1, 0.15) is 11.9 Å². The average Bonchev–Trinajstić information content (AvgIpc) is 3.02. The first-order chi connectivity index (χ1) is 11.3. The molecular formula is C15H17F3N2O3S. The third-order valence-corrected chi connectivity index (χ3v) is 4.60. The zero-order valence-corrected chi connectivity index (χ0v) is 13.7. The Morgan fingerprint density at radius 2 is 2.17 bits per heavy atom. The van der Waals surface area contributed by atoms with Crippen molar-refractivity contribution in [3.05, 3.63) is 35.4 Å². The summed E-state index contributed by atoms with van der Waals surface area (Å²) in [5.41, 5.74) is -0.349. The molecule has 1 unspecified atom stereocenters. The number of amides is 2. The van der Waals surface area contributed by atoms with Crippen LogP contribution in [0.2, 0.25) is 0 Å². The van der Waals surface area contributed by atoms with Gasteiger partial charge in [-0.05, 0) is 24.6 Å². The van der Waals surface area contributed by atoms with Gasteiger partial charge in [-0.15, -0.1) is 11.8 Å². The van der Waals surface area contributed by atoms with E-state index in [1.807, 2.05) is 0 Å². The van der Waals surface area contributed by atoms with Gasteiger partial charge >= 0.3 is 18.2 Å². The summed E-state index contributed by atoms with van der Waals surface area (Å²) in [4.78, 5) is 24.9. The second kappa shape index (κ2) is 7.78. The molecule has 0 spiro atoms.